The van der Waals surface area contributed by atoms with Crippen molar-refractivity contribution in [3.63, 3.8) is 0 Å². The lowest BCUT2D eigenvalue weighted by molar-refractivity contribution is -0.328. The van der Waals surface area contributed by atoms with Crippen molar-refractivity contribution in [1.82, 2.24) is 0 Å². The molecular formula is C37H40O7. The van der Waals surface area contributed by atoms with Crippen LogP contribution in [0.3, 0.4) is 0 Å². The Morgan fingerprint density at radius 1 is 0.477 bits per heavy atom. The van der Waals surface area contributed by atoms with Gasteiger partial charge in [-0.2, -0.15) is 0 Å². The summed E-state index contributed by atoms with van der Waals surface area (Å²) in [6.45, 7) is 3.00. The summed E-state index contributed by atoms with van der Waals surface area (Å²) in [5.41, 5.74) is 4.26. The van der Waals surface area contributed by atoms with Crippen LogP contribution < -0.4 is 0 Å². The molecule has 0 spiro atoms. The van der Waals surface area contributed by atoms with Gasteiger partial charge in [0.15, 0.2) is 6.29 Å². The number of hydrogen-bond donors (Lipinski definition) is 0. The molecule has 6 rings (SSSR count). The smallest absolute Gasteiger partial charge is 0.187 e. The van der Waals surface area contributed by atoms with E-state index in [0.29, 0.717) is 46.2 Å². The minimum absolute atomic E-state index is 0.0666. The highest BCUT2D eigenvalue weighted by molar-refractivity contribution is 5.16. The van der Waals surface area contributed by atoms with Gasteiger partial charge in [-0.05, 0) is 22.3 Å². The van der Waals surface area contributed by atoms with Gasteiger partial charge in [0, 0.05) is 0 Å². The Balaban J connectivity index is 1.26. The molecule has 0 aliphatic carbocycles. The van der Waals surface area contributed by atoms with Crippen LogP contribution in [0.2, 0.25) is 0 Å². The maximum absolute atomic E-state index is 6.72. The van der Waals surface area contributed by atoms with Crippen molar-refractivity contribution in [2.24, 2.45) is 0 Å². The molecule has 0 N–H and O–H groups in total. The summed E-state index contributed by atoms with van der Waals surface area (Å²) in [5, 5.41) is 0. The molecule has 0 amide bonds. The fraction of sp³-hybridized carbons (Fsp3) is 0.351. The monoisotopic (exact) mass is 596 g/mol. The Hall–Kier alpha value is -3.40. The topological polar surface area (TPSA) is 67.9 Å². The summed E-state index contributed by atoms with van der Waals surface area (Å²) in [6, 6.07) is 40.4. The molecule has 2 saturated heterocycles. The first-order valence-corrected chi connectivity index (χ1v) is 15.3. The summed E-state index contributed by atoms with van der Waals surface area (Å²) in [6.07, 6.45) is -2.67. The van der Waals surface area contributed by atoms with Crippen molar-refractivity contribution in [3.05, 3.63) is 144 Å². The largest absolute Gasteiger partial charge is 0.374 e. The molecule has 7 heteroatoms. The van der Waals surface area contributed by atoms with Gasteiger partial charge in [0.2, 0.25) is 0 Å². The maximum Gasteiger partial charge on any atom is 0.187 e. The lowest BCUT2D eigenvalue weighted by Crippen LogP contribution is -2.62. The highest BCUT2D eigenvalue weighted by Gasteiger charge is 2.49. The van der Waals surface area contributed by atoms with Gasteiger partial charge in [-0.15, -0.1) is 0 Å². The number of benzene rings is 4. The molecule has 0 radical (unpaired) electrons. The van der Waals surface area contributed by atoms with E-state index in [1.165, 1.54) is 0 Å². The molecule has 230 valence electrons. The number of rotatable bonds is 16. The van der Waals surface area contributed by atoms with Gasteiger partial charge in [-0.25, -0.2) is 0 Å². The van der Waals surface area contributed by atoms with Crippen molar-refractivity contribution in [2.45, 2.75) is 63.2 Å². The summed E-state index contributed by atoms with van der Waals surface area (Å²) in [5.74, 6) is 0. The Bertz CT molecular complexity index is 1350. The van der Waals surface area contributed by atoms with Crippen molar-refractivity contribution < 1.29 is 33.2 Å². The van der Waals surface area contributed by atoms with Crippen LogP contribution in [0.15, 0.2) is 121 Å². The van der Waals surface area contributed by atoms with E-state index in [4.69, 9.17) is 33.2 Å². The molecule has 4 aromatic rings. The number of epoxide rings is 1. The zero-order chi connectivity index (χ0) is 29.8. The van der Waals surface area contributed by atoms with Gasteiger partial charge < -0.3 is 33.2 Å². The quantitative estimate of drug-likeness (QED) is 0.145. The van der Waals surface area contributed by atoms with Crippen molar-refractivity contribution >= 4 is 0 Å². The highest BCUT2D eigenvalue weighted by Crippen LogP contribution is 2.32. The first-order valence-electron chi connectivity index (χ1n) is 15.3. The standard InChI is InChI=1S/C37H40O7/c1-5-13-28(14-6-1)21-38-27-33-34(40-22-29-15-7-2-8-16-29)35(41-23-30-17-9-3-10-18-30)36(37(44-33)43-26-32-25-39-32)42-24-31-19-11-4-12-20-31/h1-20,32-37H,21-27H2/t32-,33+,34+,35-,36+,37+/m0/s1. The van der Waals surface area contributed by atoms with Gasteiger partial charge in [0.05, 0.1) is 46.2 Å². The summed E-state index contributed by atoms with van der Waals surface area (Å²) < 4.78 is 44.6. The second-order valence-corrected chi connectivity index (χ2v) is 11.1. The second kappa shape index (κ2) is 16.1. The third kappa shape index (κ3) is 9.06. The molecule has 0 saturated carbocycles. The maximum atomic E-state index is 6.72. The van der Waals surface area contributed by atoms with Crippen LogP contribution in [0.1, 0.15) is 22.3 Å². The van der Waals surface area contributed by atoms with Crippen molar-refractivity contribution in [3.8, 4) is 0 Å². The van der Waals surface area contributed by atoms with Gasteiger partial charge in [-0.3, -0.25) is 0 Å². The zero-order valence-corrected chi connectivity index (χ0v) is 24.8. The Labute approximate surface area is 259 Å². The predicted molar refractivity (Wildman–Crippen MR) is 166 cm³/mol. The predicted octanol–water partition coefficient (Wildman–Crippen LogP) is 6.10. The fourth-order valence-corrected chi connectivity index (χ4v) is 5.25. The van der Waals surface area contributed by atoms with Gasteiger partial charge in [-0.1, -0.05) is 121 Å². The molecule has 2 aliphatic rings. The average molecular weight is 597 g/mol. The molecule has 2 aliphatic heterocycles. The zero-order valence-electron chi connectivity index (χ0n) is 24.8. The SMILES string of the molecule is c1ccc(COC[C@H]2O[C@@H](OC[C@@H]3CO3)[C@H](OCc3ccccc3)[C@@H](OCc3ccccc3)[C@@H]2OCc2ccccc2)cc1. The van der Waals surface area contributed by atoms with Crippen LogP contribution in [-0.2, 0) is 59.6 Å². The van der Waals surface area contributed by atoms with Gasteiger partial charge in [0.1, 0.15) is 30.5 Å². The van der Waals surface area contributed by atoms with Crippen LogP contribution in [0, 0.1) is 0 Å². The molecule has 7 nitrogen and oxygen atoms in total. The Morgan fingerprint density at radius 2 is 0.909 bits per heavy atom. The van der Waals surface area contributed by atoms with Crippen LogP contribution >= 0.6 is 0 Å². The number of hydrogen-bond acceptors (Lipinski definition) is 7. The summed E-state index contributed by atoms with van der Waals surface area (Å²) in [4.78, 5) is 0. The fourth-order valence-electron chi connectivity index (χ4n) is 5.25. The summed E-state index contributed by atoms with van der Waals surface area (Å²) >= 11 is 0. The van der Waals surface area contributed by atoms with E-state index in [0.717, 1.165) is 22.3 Å². The van der Waals surface area contributed by atoms with E-state index in [2.05, 4.69) is 24.3 Å². The molecule has 0 unspecified atom stereocenters. The normalized spacial score (nSPS) is 24.6. The third-order valence-corrected chi connectivity index (χ3v) is 7.69. The minimum atomic E-state index is -0.703. The molecule has 0 bridgehead atoms. The van der Waals surface area contributed by atoms with E-state index in [9.17, 15) is 0 Å². The van der Waals surface area contributed by atoms with E-state index < -0.39 is 30.7 Å². The third-order valence-electron chi connectivity index (χ3n) is 7.69. The average Bonchev–Trinajstić information content (AvgIpc) is 3.92. The first-order chi connectivity index (χ1) is 21.8. The molecular weight excluding hydrogens is 556 g/mol. The van der Waals surface area contributed by atoms with Crippen LogP contribution in [0.4, 0.5) is 0 Å². The van der Waals surface area contributed by atoms with Crippen LogP contribution in [0.25, 0.3) is 0 Å². The van der Waals surface area contributed by atoms with Crippen molar-refractivity contribution in [1.29, 1.82) is 0 Å². The molecule has 0 aromatic heterocycles. The molecule has 6 atom stereocenters. The van der Waals surface area contributed by atoms with Crippen LogP contribution in [0.5, 0.6) is 0 Å². The van der Waals surface area contributed by atoms with Crippen molar-refractivity contribution in [2.75, 3.05) is 19.8 Å². The highest BCUT2D eigenvalue weighted by atomic mass is 16.7. The summed E-state index contributed by atoms with van der Waals surface area (Å²) in [7, 11) is 0. The van der Waals surface area contributed by atoms with E-state index >= 15 is 0 Å². The lowest BCUT2D eigenvalue weighted by atomic mass is 9.97. The Morgan fingerprint density at radius 3 is 1.39 bits per heavy atom. The molecule has 44 heavy (non-hydrogen) atoms. The van der Waals surface area contributed by atoms with Gasteiger partial charge >= 0.3 is 0 Å². The molecule has 2 heterocycles. The minimum Gasteiger partial charge on any atom is -0.374 e. The second-order valence-electron chi connectivity index (χ2n) is 11.1. The van der Waals surface area contributed by atoms with Gasteiger partial charge in [0.25, 0.3) is 0 Å². The van der Waals surface area contributed by atoms with E-state index in [1.54, 1.807) is 0 Å². The van der Waals surface area contributed by atoms with Crippen LogP contribution in [-0.4, -0.2) is 56.6 Å². The molecule has 2 fully saturated rings. The van der Waals surface area contributed by atoms with E-state index in [1.807, 2.05) is 97.1 Å². The number of ether oxygens (including phenoxy) is 7. The molecule has 4 aromatic carbocycles. The lowest BCUT2D eigenvalue weighted by Gasteiger charge is -2.45. The van der Waals surface area contributed by atoms with E-state index in [-0.39, 0.29) is 6.10 Å². The first kappa shape index (κ1) is 30.6. The Kier molecular flexibility index (Phi) is 11.2.